The normalized spacial score (nSPS) is 10.3. The first-order valence-corrected chi connectivity index (χ1v) is 10.4. The lowest BCUT2D eigenvalue weighted by molar-refractivity contribution is 0.377. The zero-order valence-corrected chi connectivity index (χ0v) is 19.2. The van der Waals surface area contributed by atoms with E-state index in [-0.39, 0.29) is 0 Å². The van der Waals surface area contributed by atoms with Crippen LogP contribution in [0.5, 0.6) is 17.2 Å². The summed E-state index contributed by atoms with van der Waals surface area (Å²) < 4.78 is 16.4. The molecule has 0 unspecified atom stereocenters. The molecule has 6 heteroatoms. The van der Waals surface area contributed by atoms with Crippen LogP contribution in [0.25, 0.3) is 0 Å². The van der Waals surface area contributed by atoms with Crippen molar-refractivity contribution in [2.75, 3.05) is 26.6 Å². The van der Waals surface area contributed by atoms with E-state index in [0.717, 1.165) is 39.6 Å². The Morgan fingerprint density at radius 3 is 2.23 bits per heavy atom. The van der Waals surface area contributed by atoms with Gasteiger partial charge in [0.15, 0.2) is 5.11 Å². The number of hydrogen-bond acceptors (Lipinski definition) is 4. The summed E-state index contributed by atoms with van der Waals surface area (Å²) in [6.45, 7) is 3.25. The number of anilines is 1. The van der Waals surface area contributed by atoms with Crippen molar-refractivity contribution < 1.29 is 14.2 Å². The van der Waals surface area contributed by atoms with Crippen molar-refractivity contribution in [3.63, 3.8) is 0 Å². The Hall–Kier alpha value is -3.25. The van der Waals surface area contributed by atoms with Crippen LogP contribution in [0, 0.1) is 6.92 Å². The maximum Gasteiger partial charge on any atom is 0.174 e. The first-order valence-electron chi connectivity index (χ1n) is 9.99. The van der Waals surface area contributed by atoms with Crippen molar-refractivity contribution in [1.29, 1.82) is 0 Å². The quantitative estimate of drug-likeness (QED) is 0.476. The van der Waals surface area contributed by atoms with E-state index in [1.165, 1.54) is 0 Å². The van der Waals surface area contributed by atoms with Crippen LogP contribution in [-0.2, 0) is 13.1 Å². The maximum absolute atomic E-state index is 5.82. The van der Waals surface area contributed by atoms with Gasteiger partial charge in [0.1, 0.15) is 17.2 Å². The first-order chi connectivity index (χ1) is 15.0. The highest BCUT2D eigenvalue weighted by atomic mass is 32.1. The Balaban J connectivity index is 1.87. The van der Waals surface area contributed by atoms with Crippen molar-refractivity contribution in [3.05, 3.63) is 83.4 Å². The number of rotatable bonds is 8. The number of benzene rings is 3. The number of nitrogens with one attached hydrogen (secondary N) is 1. The van der Waals surface area contributed by atoms with E-state index in [4.69, 9.17) is 26.4 Å². The molecular weight excluding hydrogens is 408 g/mol. The van der Waals surface area contributed by atoms with Gasteiger partial charge in [-0.3, -0.25) is 0 Å². The first kappa shape index (κ1) is 22.4. The van der Waals surface area contributed by atoms with E-state index in [2.05, 4.69) is 16.3 Å². The fourth-order valence-corrected chi connectivity index (χ4v) is 3.53. The molecule has 0 heterocycles. The van der Waals surface area contributed by atoms with Crippen molar-refractivity contribution in [3.8, 4) is 17.2 Å². The third kappa shape index (κ3) is 5.89. The lowest BCUT2D eigenvalue weighted by Crippen LogP contribution is -2.34. The van der Waals surface area contributed by atoms with Gasteiger partial charge in [-0.1, -0.05) is 36.4 Å². The van der Waals surface area contributed by atoms with Crippen LogP contribution in [0.4, 0.5) is 5.69 Å². The van der Waals surface area contributed by atoms with Crippen molar-refractivity contribution in [1.82, 2.24) is 4.90 Å². The fourth-order valence-electron chi connectivity index (χ4n) is 3.29. The second-order valence-electron chi connectivity index (χ2n) is 7.15. The number of nitrogens with zero attached hydrogens (tertiary/aromatic N) is 1. The van der Waals surface area contributed by atoms with Crippen LogP contribution in [0.1, 0.15) is 16.7 Å². The predicted octanol–water partition coefficient (Wildman–Crippen LogP) is 5.42. The molecule has 0 aromatic heterocycles. The zero-order chi connectivity index (χ0) is 22.2. The van der Waals surface area contributed by atoms with Crippen molar-refractivity contribution in [2.45, 2.75) is 20.0 Å². The van der Waals surface area contributed by atoms with E-state index in [1.807, 2.05) is 67.6 Å². The molecule has 3 rings (SSSR count). The van der Waals surface area contributed by atoms with Gasteiger partial charge in [0.2, 0.25) is 0 Å². The third-order valence-corrected chi connectivity index (χ3v) is 5.33. The SMILES string of the molecule is COc1ccc(CN(Cc2ccccc2OC)C(=S)Nc2ccc(C)cc2OC)cc1. The average molecular weight is 437 g/mol. The molecule has 3 aromatic carbocycles. The molecule has 0 saturated carbocycles. The lowest BCUT2D eigenvalue weighted by Gasteiger charge is -2.27. The number of methoxy groups -OCH3 is 3. The smallest absolute Gasteiger partial charge is 0.174 e. The minimum atomic E-state index is 0.593. The topological polar surface area (TPSA) is 43.0 Å². The Bertz CT molecular complexity index is 1020. The number of hydrogen-bond donors (Lipinski definition) is 1. The van der Waals surface area contributed by atoms with E-state index < -0.39 is 0 Å². The van der Waals surface area contributed by atoms with Gasteiger partial charge >= 0.3 is 0 Å². The number of para-hydroxylation sites is 1. The molecule has 5 nitrogen and oxygen atoms in total. The summed E-state index contributed by atoms with van der Waals surface area (Å²) in [4.78, 5) is 2.11. The second kappa shape index (κ2) is 10.7. The molecule has 0 saturated heterocycles. The lowest BCUT2D eigenvalue weighted by atomic mass is 10.1. The summed E-state index contributed by atoms with van der Waals surface area (Å²) in [5, 5.41) is 3.96. The zero-order valence-electron chi connectivity index (χ0n) is 18.3. The summed E-state index contributed by atoms with van der Waals surface area (Å²) in [6, 6.07) is 22.0. The van der Waals surface area contributed by atoms with Crippen molar-refractivity contribution in [2.24, 2.45) is 0 Å². The van der Waals surface area contributed by atoms with Gasteiger partial charge in [0, 0.05) is 18.7 Å². The van der Waals surface area contributed by atoms with Crippen LogP contribution >= 0.6 is 12.2 Å². The van der Waals surface area contributed by atoms with Gasteiger partial charge in [-0.25, -0.2) is 0 Å². The molecule has 0 amide bonds. The van der Waals surface area contributed by atoms with Gasteiger partial charge in [0.05, 0.1) is 27.0 Å². The molecule has 0 spiro atoms. The molecule has 0 atom stereocenters. The Morgan fingerprint density at radius 1 is 0.839 bits per heavy atom. The van der Waals surface area contributed by atoms with E-state index in [0.29, 0.717) is 18.2 Å². The van der Waals surface area contributed by atoms with Crippen molar-refractivity contribution >= 4 is 23.0 Å². The molecule has 0 bridgehead atoms. The monoisotopic (exact) mass is 436 g/mol. The highest BCUT2D eigenvalue weighted by Gasteiger charge is 2.16. The summed E-state index contributed by atoms with van der Waals surface area (Å²) in [6.07, 6.45) is 0. The Kier molecular flexibility index (Phi) is 7.73. The predicted molar refractivity (Wildman–Crippen MR) is 129 cm³/mol. The summed E-state index contributed by atoms with van der Waals surface area (Å²) in [7, 11) is 5.00. The molecule has 31 heavy (non-hydrogen) atoms. The highest BCUT2D eigenvalue weighted by molar-refractivity contribution is 7.80. The largest absolute Gasteiger partial charge is 0.497 e. The summed E-state index contributed by atoms with van der Waals surface area (Å²) in [5.74, 6) is 2.41. The van der Waals surface area contributed by atoms with E-state index >= 15 is 0 Å². The molecule has 1 N–H and O–H groups in total. The maximum atomic E-state index is 5.82. The minimum absolute atomic E-state index is 0.593. The molecular formula is C25H28N2O3S. The third-order valence-electron chi connectivity index (χ3n) is 4.97. The molecule has 0 aliphatic rings. The van der Waals surface area contributed by atoms with Crippen LogP contribution in [0.15, 0.2) is 66.7 Å². The molecule has 3 aromatic rings. The Labute approximate surface area is 189 Å². The van der Waals surface area contributed by atoms with Gasteiger partial charge in [-0.2, -0.15) is 0 Å². The number of thiocarbonyl (C=S) groups is 1. The fraction of sp³-hybridized carbons (Fsp3) is 0.240. The van der Waals surface area contributed by atoms with Crippen LogP contribution in [0.2, 0.25) is 0 Å². The number of aryl methyl sites for hydroxylation is 1. The minimum Gasteiger partial charge on any atom is -0.497 e. The van der Waals surface area contributed by atoms with Gasteiger partial charge < -0.3 is 24.4 Å². The molecule has 0 aliphatic heterocycles. The average Bonchev–Trinajstić information content (AvgIpc) is 2.80. The Morgan fingerprint density at radius 2 is 1.55 bits per heavy atom. The number of ether oxygens (including phenoxy) is 3. The summed E-state index contributed by atoms with van der Waals surface area (Å²) in [5.41, 5.74) is 4.13. The van der Waals surface area contributed by atoms with Gasteiger partial charge in [-0.15, -0.1) is 0 Å². The molecule has 0 aliphatic carbocycles. The molecule has 0 radical (unpaired) electrons. The van der Waals surface area contributed by atoms with E-state index in [1.54, 1.807) is 21.3 Å². The highest BCUT2D eigenvalue weighted by Crippen LogP contribution is 2.27. The van der Waals surface area contributed by atoms with E-state index in [9.17, 15) is 0 Å². The van der Waals surface area contributed by atoms with Gasteiger partial charge in [0.25, 0.3) is 0 Å². The van der Waals surface area contributed by atoms with Crippen LogP contribution < -0.4 is 19.5 Å². The molecule has 162 valence electrons. The molecule has 0 fully saturated rings. The standard InChI is InChI=1S/C25H28N2O3S/c1-18-9-14-22(24(15-18)30-4)26-25(31)27(16-19-10-12-21(28-2)13-11-19)17-20-7-5-6-8-23(20)29-3/h5-15H,16-17H2,1-4H3,(H,26,31). The van der Waals surface area contributed by atoms with Crippen LogP contribution in [0.3, 0.4) is 0 Å². The van der Waals surface area contributed by atoms with Crippen LogP contribution in [-0.4, -0.2) is 31.3 Å². The summed E-state index contributed by atoms with van der Waals surface area (Å²) >= 11 is 5.82. The second-order valence-corrected chi connectivity index (χ2v) is 7.54. The van der Waals surface area contributed by atoms with Gasteiger partial charge in [-0.05, 0) is 60.6 Å².